The zero-order valence-electron chi connectivity index (χ0n) is 19.6. The van der Waals surface area contributed by atoms with Gasteiger partial charge >= 0.3 is 0 Å². The van der Waals surface area contributed by atoms with Gasteiger partial charge in [0.15, 0.2) is 5.78 Å². The van der Waals surface area contributed by atoms with Gasteiger partial charge in [-0.05, 0) is 44.4 Å². The second-order valence-electron chi connectivity index (χ2n) is 8.65. The first kappa shape index (κ1) is 22.6. The number of nitrogens with zero attached hydrogens (tertiary/aromatic N) is 1. The molecule has 1 aliphatic carbocycles. The molecule has 1 amide bonds. The number of nitrogens with one attached hydrogen (secondary N) is 2. The van der Waals surface area contributed by atoms with Gasteiger partial charge < -0.3 is 20.1 Å². The van der Waals surface area contributed by atoms with Crippen LogP contribution in [0.1, 0.15) is 43.9 Å². The van der Waals surface area contributed by atoms with Crippen LogP contribution in [-0.4, -0.2) is 30.9 Å². The fraction of sp³-hybridized carbons (Fsp3) is 0.346. The molecule has 0 radical (unpaired) electrons. The lowest BCUT2D eigenvalue weighted by Crippen LogP contribution is -2.37. The number of aromatic nitrogens is 1. The molecule has 2 aliphatic rings. The summed E-state index contributed by atoms with van der Waals surface area (Å²) < 4.78 is 11.0. The molecule has 172 valence electrons. The van der Waals surface area contributed by atoms with E-state index in [9.17, 15) is 9.59 Å². The quantitative estimate of drug-likeness (QED) is 0.712. The molecule has 0 saturated carbocycles. The molecule has 1 aromatic heterocycles. The maximum absolute atomic E-state index is 13.6. The number of allylic oxidation sites excluding steroid dienone is 3. The second kappa shape index (κ2) is 9.10. The van der Waals surface area contributed by atoms with E-state index in [-0.39, 0.29) is 17.6 Å². The number of anilines is 1. The molecule has 7 heteroatoms. The highest BCUT2D eigenvalue weighted by Crippen LogP contribution is 2.46. The number of ketones is 1. The summed E-state index contributed by atoms with van der Waals surface area (Å²) in [6, 6.07) is 10.9. The summed E-state index contributed by atoms with van der Waals surface area (Å²) in [4.78, 5) is 31.3. The van der Waals surface area contributed by atoms with Crippen molar-refractivity contribution >= 4 is 17.5 Å². The number of Topliss-reactive ketones (excluding diaryl/α,β-unsaturated/α-hetero) is 1. The van der Waals surface area contributed by atoms with Crippen molar-refractivity contribution in [3.63, 3.8) is 0 Å². The molecule has 7 nitrogen and oxygen atoms in total. The number of dihydropyridines is 1. The van der Waals surface area contributed by atoms with Gasteiger partial charge in [0, 0.05) is 46.3 Å². The Morgan fingerprint density at radius 3 is 2.61 bits per heavy atom. The van der Waals surface area contributed by atoms with Crippen molar-refractivity contribution < 1.29 is 19.1 Å². The molecule has 2 unspecified atom stereocenters. The first-order valence-electron chi connectivity index (χ1n) is 11.0. The summed E-state index contributed by atoms with van der Waals surface area (Å²) >= 11 is 0. The highest BCUT2D eigenvalue weighted by molar-refractivity contribution is 6.09. The number of rotatable bonds is 5. The topological polar surface area (TPSA) is 89.5 Å². The highest BCUT2D eigenvalue weighted by Gasteiger charge is 2.41. The molecule has 2 N–H and O–H groups in total. The van der Waals surface area contributed by atoms with Crippen LogP contribution in [0.4, 0.5) is 5.82 Å². The largest absolute Gasteiger partial charge is 0.497 e. The van der Waals surface area contributed by atoms with E-state index in [1.165, 1.54) is 0 Å². The minimum absolute atomic E-state index is 0.0469. The Balaban J connectivity index is 1.85. The predicted molar refractivity (Wildman–Crippen MR) is 126 cm³/mol. The minimum Gasteiger partial charge on any atom is -0.497 e. The number of amides is 1. The lowest BCUT2D eigenvalue weighted by molar-refractivity contribution is -0.117. The zero-order valence-corrected chi connectivity index (χ0v) is 19.6. The van der Waals surface area contributed by atoms with Gasteiger partial charge in [-0.1, -0.05) is 19.1 Å². The van der Waals surface area contributed by atoms with Crippen LogP contribution in [0.5, 0.6) is 11.5 Å². The van der Waals surface area contributed by atoms with Crippen molar-refractivity contribution in [3.05, 3.63) is 70.2 Å². The number of carbonyl (C=O) groups excluding carboxylic acids is 2. The average molecular weight is 448 g/mol. The van der Waals surface area contributed by atoms with Gasteiger partial charge in [-0.2, -0.15) is 0 Å². The molecule has 1 aromatic carbocycles. The van der Waals surface area contributed by atoms with Crippen LogP contribution in [0.2, 0.25) is 0 Å². The van der Waals surface area contributed by atoms with E-state index in [1.54, 1.807) is 26.4 Å². The van der Waals surface area contributed by atoms with Gasteiger partial charge in [-0.25, -0.2) is 4.98 Å². The van der Waals surface area contributed by atoms with E-state index < -0.39 is 5.92 Å². The summed E-state index contributed by atoms with van der Waals surface area (Å²) in [6.45, 7) is 5.80. The molecular weight excluding hydrogens is 418 g/mol. The van der Waals surface area contributed by atoms with Gasteiger partial charge in [-0.3, -0.25) is 9.59 Å². The maximum atomic E-state index is 13.6. The van der Waals surface area contributed by atoms with Gasteiger partial charge in [0.2, 0.25) is 0 Å². The van der Waals surface area contributed by atoms with Crippen LogP contribution in [0.3, 0.4) is 0 Å². The number of ether oxygens (including phenoxy) is 2. The van der Waals surface area contributed by atoms with E-state index in [4.69, 9.17) is 9.47 Å². The molecule has 0 spiro atoms. The number of aryl methyl sites for hydroxylation is 1. The third kappa shape index (κ3) is 4.35. The molecular formula is C26H29N3O4. The third-order valence-corrected chi connectivity index (χ3v) is 6.16. The van der Waals surface area contributed by atoms with Crippen LogP contribution in [-0.2, 0) is 9.59 Å². The van der Waals surface area contributed by atoms with Gasteiger partial charge in [0.25, 0.3) is 5.91 Å². The van der Waals surface area contributed by atoms with Crippen LogP contribution in [0, 0.1) is 12.8 Å². The molecule has 2 atom stereocenters. The molecule has 0 bridgehead atoms. The Morgan fingerprint density at radius 1 is 1.12 bits per heavy atom. The van der Waals surface area contributed by atoms with E-state index in [0.29, 0.717) is 40.6 Å². The van der Waals surface area contributed by atoms with Crippen molar-refractivity contribution in [2.75, 3.05) is 19.5 Å². The zero-order chi connectivity index (χ0) is 23.7. The summed E-state index contributed by atoms with van der Waals surface area (Å²) in [6.07, 6.45) is 1.20. The molecule has 0 fully saturated rings. The molecule has 33 heavy (non-hydrogen) atoms. The maximum Gasteiger partial charge on any atom is 0.255 e. The lowest BCUT2D eigenvalue weighted by Gasteiger charge is -2.36. The van der Waals surface area contributed by atoms with Crippen molar-refractivity contribution in [3.8, 4) is 11.5 Å². The summed E-state index contributed by atoms with van der Waals surface area (Å²) in [5, 5.41) is 6.27. The number of carbonyl (C=O) groups is 2. The normalized spacial score (nSPS) is 20.2. The fourth-order valence-corrected chi connectivity index (χ4v) is 4.70. The van der Waals surface area contributed by atoms with E-state index in [2.05, 4.69) is 22.5 Å². The van der Waals surface area contributed by atoms with Crippen molar-refractivity contribution in [2.45, 2.75) is 39.5 Å². The molecule has 2 aromatic rings. The van der Waals surface area contributed by atoms with Gasteiger partial charge in [0.1, 0.15) is 17.3 Å². The second-order valence-corrected chi connectivity index (χ2v) is 8.65. The van der Waals surface area contributed by atoms with E-state index in [1.807, 2.05) is 38.1 Å². The number of benzene rings is 1. The lowest BCUT2D eigenvalue weighted by atomic mass is 9.73. The van der Waals surface area contributed by atoms with E-state index in [0.717, 1.165) is 23.4 Å². The number of pyridine rings is 1. The van der Waals surface area contributed by atoms with Crippen LogP contribution < -0.4 is 20.1 Å². The third-order valence-electron chi connectivity index (χ3n) is 6.16. The molecule has 4 rings (SSSR count). The first-order chi connectivity index (χ1) is 15.8. The first-order valence-corrected chi connectivity index (χ1v) is 11.0. The van der Waals surface area contributed by atoms with Gasteiger partial charge in [0.05, 0.1) is 20.1 Å². The van der Waals surface area contributed by atoms with Crippen LogP contribution in [0.15, 0.2) is 58.9 Å². The van der Waals surface area contributed by atoms with Crippen molar-refractivity contribution in [1.29, 1.82) is 0 Å². The van der Waals surface area contributed by atoms with Crippen molar-refractivity contribution in [1.82, 2.24) is 10.3 Å². The smallest absolute Gasteiger partial charge is 0.255 e. The Bertz CT molecular complexity index is 1180. The SMILES string of the molecule is COc1ccc(C2C(C(=O)Nc3cccc(C)n3)=C(C)NC3=C2C(=O)CC(C)C3)c(OC)c1. The monoisotopic (exact) mass is 447 g/mol. The minimum atomic E-state index is -0.563. The standard InChI is InChI=1S/C26H29N3O4/c1-14-11-19-25(20(30)12-14)24(18-10-9-17(32-4)13-21(18)33-5)23(16(3)28-19)26(31)29-22-8-6-7-15(2)27-22/h6-10,13-14,24,28H,11-12H2,1-5H3,(H,27,29,31). The Hall–Kier alpha value is -3.61. The summed E-state index contributed by atoms with van der Waals surface area (Å²) in [5.41, 5.74) is 4.24. The summed E-state index contributed by atoms with van der Waals surface area (Å²) in [7, 11) is 3.16. The number of hydrogen-bond acceptors (Lipinski definition) is 6. The van der Waals surface area contributed by atoms with Gasteiger partial charge in [-0.15, -0.1) is 0 Å². The highest BCUT2D eigenvalue weighted by atomic mass is 16.5. The Labute approximate surface area is 193 Å². The number of hydrogen-bond donors (Lipinski definition) is 2. The average Bonchev–Trinajstić information content (AvgIpc) is 2.77. The summed E-state index contributed by atoms with van der Waals surface area (Å²) in [5.74, 6) is 1.08. The fourth-order valence-electron chi connectivity index (χ4n) is 4.70. The molecule has 0 saturated heterocycles. The predicted octanol–water partition coefficient (Wildman–Crippen LogP) is 4.26. The van der Waals surface area contributed by atoms with Crippen LogP contribution >= 0.6 is 0 Å². The molecule has 2 heterocycles. The molecule has 1 aliphatic heterocycles. The number of methoxy groups -OCH3 is 2. The Kier molecular flexibility index (Phi) is 6.22. The Morgan fingerprint density at radius 2 is 1.91 bits per heavy atom. The van der Waals surface area contributed by atoms with Crippen molar-refractivity contribution in [2.24, 2.45) is 5.92 Å². The van der Waals surface area contributed by atoms with Crippen LogP contribution in [0.25, 0.3) is 0 Å². The van der Waals surface area contributed by atoms with E-state index >= 15 is 0 Å².